The van der Waals surface area contributed by atoms with Crippen molar-refractivity contribution in [3.8, 4) is 11.6 Å². The van der Waals surface area contributed by atoms with E-state index < -0.39 is 12.2 Å². The number of rotatable bonds is 3. The van der Waals surface area contributed by atoms with E-state index in [-0.39, 0.29) is 10.9 Å². The van der Waals surface area contributed by atoms with Crippen LogP contribution < -0.4 is 9.47 Å². The first kappa shape index (κ1) is 13.1. The van der Waals surface area contributed by atoms with Gasteiger partial charge in [0.25, 0.3) is 0 Å². The molecule has 1 aromatic heterocycles. The number of ether oxygens (including phenoxy) is 2. The predicted octanol–water partition coefficient (Wildman–Crippen LogP) is 3.19. The summed E-state index contributed by atoms with van der Waals surface area (Å²) in [7, 11) is 1.37. The van der Waals surface area contributed by atoms with E-state index in [9.17, 15) is 13.2 Å². The van der Waals surface area contributed by atoms with Gasteiger partial charge < -0.3 is 9.47 Å². The number of alkyl halides is 4. The van der Waals surface area contributed by atoms with Gasteiger partial charge >= 0.3 is 6.36 Å². The second kappa shape index (κ2) is 4.90. The van der Waals surface area contributed by atoms with Gasteiger partial charge in [0.2, 0.25) is 5.88 Å². The van der Waals surface area contributed by atoms with Crippen LogP contribution in [0.15, 0.2) is 6.07 Å². The minimum absolute atomic E-state index is 0.162. The molecule has 0 N–H and O–H groups in total. The van der Waals surface area contributed by atoms with Crippen LogP contribution in [0.25, 0.3) is 0 Å². The monoisotopic (exact) mass is 299 g/mol. The summed E-state index contributed by atoms with van der Waals surface area (Å²) in [4.78, 5) is 3.69. The molecule has 1 heterocycles. The fraction of sp³-hybridized carbons (Fsp3) is 0.444. The third-order valence-corrected chi connectivity index (χ3v) is 2.30. The topological polar surface area (TPSA) is 31.4 Å². The third-order valence-electron chi connectivity index (χ3n) is 1.74. The molecule has 0 aliphatic rings. The van der Waals surface area contributed by atoms with Crippen molar-refractivity contribution in [3.63, 3.8) is 0 Å². The van der Waals surface area contributed by atoms with Gasteiger partial charge in [0, 0.05) is 17.1 Å². The summed E-state index contributed by atoms with van der Waals surface area (Å²) in [6.07, 6.45) is -4.76. The highest BCUT2D eigenvalue weighted by molar-refractivity contribution is 9.08. The summed E-state index contributed by atoms with van der Waals surface area (Å²) < 4.78 is 45.1. The molecule has 0 unspecified atom stereocenters. The maximum absolute atomic E-state index is 12.1. The van der Waals surface area contributed by atoms with Gasteiger partial charge in [-0.3, -0.25) is 0 Å². The standard InChI is InChI=1S/C9H9BrF3NO2/c1-5-3-7(15-2)6(4-10)8(14-5)16-9(11,12)13/h3H,4H2,1-2H3. The Kier molecular flexibility index (Phi) is 4.01. The first-order valence-corrected chi connectivity index (χ1v) is 5.35. The molecule has 0 aliphatic carbocycles. The molecule has 90 valence electrons. The highest BCUT2D eigenvalue weighted by Crippen LogP contribution is 2.33. The summed E-state index contributed by atoms with van der Waals surface area (Å²) in [6, 6.07) is 1.54. The van der Waals surface area contributed by atoms with Crippen LogP contribution in [-0.2, 0) is 5.33 Å². The zero-order chi connectivity index (χ0) is 12.3. The minimum Gasteiger partial charge on any atom is -0.496 e. The lowest BCUT2D eigenvalue weighted by molar-refractivity contribution is -0.276. The zero-order valence-electron chi connectivity index (χ0n) is 8.56. The molecular formula is C9H9BrF3NO2. The first-order valence-electron chi connectivity index (χ1n) is 4.23. The van der Waals surface area contributed by atoms with E-state index in [1.165, 1.54) is 7.11 Å². The quantitative estimate of drug-likeness (QED) is 0.803. The summed E-state index contributed by atoms with van der Waals surface area (Å²) in [5.41, 5.74) is 0.617. The largest absolute Gasteiger partial charge is 0.574 e. The van der Waals surface area contributed by atoms with Crippen molar-refractivity contribution in [3.05, 3.63) is 17.3 Å². The lowest BCUT2D eigenvalue weighted by Gasteiger charge is -2.14. The van der Waals surface area contributed by atoms with Crippen molar-refractivity contribution in [1.82, 2.24) is 4.98 Å². The fourth-order valence-corrected chi connectivity index (χ4v) is 1.66. The van der Waals surface area contributed by atoms with Crippen LogP contribution in [0.4, 0.5) is 13.2 Å². The van der Waals surface area contributed by atoms with E-state index >= 15 is 0 Å². The molecule has 0 aliphatic heterocycles. The predicted molar refractivity (Wildman–Crippen MR) is 54.8 cm³/mol. The number of pyridine rings is 1. The molecule has 0 fully saturated rings. The number of halogens is 4. The van der Waals surface area contributed by atoms with Crippen molar-refractivity contribution in [2.75, 3.05) is 7.11 Å². The average molecular weight is 300 g/mol. The molecule has 0 bridgehead atoms. The smallest absolute Gasteiger partial charge is 0.496 e. The van der Waals surface area contributed by atoms with Crippen molar-refractivity contribution in [1.29, 1.82) is 0 Å². The molecule has 0 atom stereocenters. The molecule has 3 nitrogen and oxygen atoms in total. The zero-order valence-corrected chi connectivity index (χ0v) is 10.1. The average Bonchev–Trinajstić information content (AvgIpc) is 2.14. The number of aryl methyl sites for hydroxylation is 1. The maximum Gasteiger partial charge on any atom is 0.574 e. The highest BCUT2D eigenvalue weighted by Gasteiger charge is 2.33. The number of nitrogens with zero attached hydrogens (tertiary/aromatic N) is 1. The molecule has 0 amide bonds. The van der Waals surface area contributed by atoms with Gasteiger partial charge in [-0.25, -0.2) is 4.98 Å². The van der Waals surface area contributed by atoms with Crippen LogP contribution in [0, 0.1) is 6.92 Å². The summed E-state index contributed by atoms with van der Waals surface area (Å²) >= 11 is 3.06. The number of hydrogen-bond donors (Lipinski definition) is 0. The number of hydrogen-bond acceptors (Lipinski definition) is 3. The summed E-state index contributed by atoms with van der Waals surface area (Å²) in [5.74, 6) is -0.176. The van der Waals surface area contributed by atoms with Crippen LogP contribution in [0.5, 0.6) is 11.6 Å². The van der Waals surface area contributed by atoms with E-state index in [1.807, 2.05) is 0 Å². The molecule has 1 aromatic rings. The van der Waals surface area contributed by atoms with Crippen LogP contribution in [-0.4, -0.2) is 18.5 Å². The second-order valence-electron chi connectivity index (χ2n) is 2.93. The van der Waals surface area contributed by atoms with E-state index in [2.05, 4.69) is 25.7 Å². The molecule has 16 heavy (non-hydrogen) atoms. The van der Waals surface area contributed by atoms with Gasteiger partial charge in [-0.15, -0.1) is 13.2 Å². The molecule has 0 radical (unpaired) electrons. The highest BCUT2D eigenvalue weighted by atomic mass is 79.9. The van der Waals surface area contributed by atoms with Gasteiger partial charge in [-0.2, -0.15) is 0 Å². The normalized spacial score (nSPS) is 11.4. The molecule has 1 rings (SSSR count). The Morgan fingerprint density at radius 3 is 2.50 bits per heavy atom. The summed E-state index contributed by atoms with van der Waals surface area (Å²) in [5, 5.41) is 0.162. The Labute approximate surface area is 98.7 Å². The van der Waals surface area contributed by atoms with E-state index in [4.69, 9.17) is 4.74 Å². The van der Waals surface area contributed by atoms with Gasteiger partial charge in [0.05, 0.1) is 12.7 Å². The fourth-order valence-electron chi connectivity index (χ4n) is 1.14. The Bertz CT molecular complexity index is 382. The molecule has 0 saturated heterocycles. The van der Waals surface area contributed by atoms with Crippen molar-refractivity contribution < 1.29 is 22.6 Å². The lowest BCUT2D eigenvalue weighted by atomic mass is 10.2. The van der Waals surface area contributed by atoms with Crippen LogP contribution in [0.2, 0.25) is 0 Å². The van der Waals surface area contributed by atoms with Crippen LogP contribution >= 0.6 is 15.9 Å². The van der Waals surface area contributed by atoms with Crippen molar-refractivity contribution >= 4 is 15.9 Å². The van der Waals surface area contributed by atoms with E-state index in [0.717, 1.165) is 0 Å². The van der Waals surface area contributed by atoms with Crippen LogP contribution in [0.3, 0.4) is 0 Å². The first-order chi connectivity index (χ1) is 7.37. The summed E-state index contributed by atoms with van der Waals surface area (Å²) in [6.45, 7) is 1.56. The van der Waals surface area contributed by atoms with Crippen molar-refractivity contribution in [2.24, 2.45) is 0 Å². The van der Waals surface area contributed by atoms with Gasteiger partial charge in [-0.1, -0.05) is 15.9 Å². The lowest BCUT2D eigenvalue weighted by Crippen LogP contribution is -2.19. The van der Waals surface area contributed by atoms with Gasteiger partial charge in [0.1, 0.15) is 5.75 Å². The van der Waals surface area contributed by atoms with E-state index in [1.54, 1.807) is 13.0 Å². The Morgan fingerprint density at radius 1 is 1.44 bits per heavy atom. The second-order valence-corrected chi connectivity index (χ2v) is 3.49. The number of methoxy groups -OCH3 is 1. The maximum atomic E-state index is 12.1. The minimum atomic E-state index is -4.76. The van der Waals surface area contributed by atoms with E-state index in [0.29, 0.717) is 11.4 Å². The Morgan fingerprint density at radius 2 is 2.06 bits per heavy atom. The number of aromatic nitrogens is 1. The molecule has 7 heteroatoms. The van der Waals surface area contributed by atoms with Crippen LogP contribution in [0.1, 0.15) is 11.3 Å². The Balaban J connectivity index is 3.20. The van der Waals surface area contributed by atoms with Crippen molar-refractivity contribution in [2.45, 2.75) is 18.6 Å². The SMILES string of the molecule is COc1cc(C)nc(OC(F)(F)F)c1CBr. The molecule has 0 spiro atoms. The van der Waals surface area contributed by atoms with Gasteiger partial charge in [0.15, 0.2) is 0 Å². The third kappa shape index (κ3) is 3.26. The molecular weight excluding hydrogens is 291 g/mol. The Hall–Kier alpha value is -0.980. The molecule has 0 saturated carbocycles. The van der Waals surface area contributed by atoms with Gasteiger partial charge in [-0.05, 0) is 6.92 Å². The molecule has 0 aromatic carbocycles.